The average Bonchev–Trinajstić information content (AvgIpc) is 2.83. The summed E-state index contributed by atoms with van der Waals surface area (Å²) in [6.07, 6.45) is 1.15. The highest BCUT2D eigenvalue weighted by Crippen LogP contribution is 2.15. The molecule has 9 heteroatoms. The van der Waals surface area contributed by atoms with E-state index in [-0.39, 0.29) is 5.69 Å². The van der Waals surface area contributed by atoms with E-state index in [1.165, 1.54) is 11.3 Å². The predicted octanol–water partition coefficient (Wildman–Crippen LogP) is -0.0366. The molecule has 0 radical (unpaired) electrons. The summed E-state index contributed by atoms with van der Waals surface area (Å²) in [6, 6.07) is 0. The van der Waals surface area contributed by atoms with Crippen LogP contribution in [0.15, 0.2) is 6.20 Å². The Morgan fingerprint density at radius 1 is 1.62 bits per heavy atom. The average molecular weight is 241 g/mol. The van der Waals surface area contributed by atoms with Crippen molar-refractivity contribution in [2.24, 2.45) is 0 Å². The van der Waals surface area contributed by atoms with E-state index in [4.69, 9.17) is 9.84 Å². The van der Waals surface area contributed by atoms with Crippen molar-refractivity contribution in [3.63, 3.8) is 0 Å². The maximum absolute atomic E-state index is 10.8. The standard InChI is InChI=1S/C7H7N5O3S/c1-15-3-5-9-10-7(16-5)12-4(6(13)14)2-8-11-12/h2H,3H2,1H3,(H,13,14). The molecular weight excluding hydrogens is 234 g/mol. The lowest BCUT2D eigenvalue weighted by atomic mass is 10.5. The summed E-state index contributed by atoms with van der Waals surface area (Å²) in [7, 11) is 1.54. The van der Waals surface area contributed by atoms with Gasteiger partial charge in [-0.1, -0.05) is 16.6 Å². The van der Waals surface area contributed by atoms with Crippen molar-refractivity contribution < 1.29 is 14.6 Å². The van der Waals surface area contributed by atoms with E-state index < -0.39 is 5.97 Å². The summed E-state index contributed by atoms with van der Waals surface area (Å²) in [5, 5.41) is 24.6. The number of carboxylic acids is 1. The Morgan fingerprint density at radius 3 is 3.12 bits per heavy atom. The third-order valence-electron chi connectivity index (χ3n) is 1.67. The van der Waals surface area contributed by atoms with Gasteiger partial charge < -0.3 is 9.84 Å². The van der Waals surface area contributed by atoms with Gasteiger partial charge in [-0.25, -0.2) is 4.79 Å². The highest BCUT2D eigenvalue weighted by Gasteiger charge is 2.16. The SMILES string of the molecule is COCc1nnc(-n2nncc2C(=O)O)s1. The lowest BCUT2D eigenvalue weighted by molar-refractivity contribution is 0.0687. The molecule has 0 bridgehead atoms. The van der Waals surface area contributed by atoms with Crippen LogP contribution in [0.4, 0.5) is 0 Å². The molecule has 0 aliphatic carbocycles. The summed E-state index contributed by atoms with van der Waals surface area (Å²) in [4.78, 5) is 10.8. The van der Waals surface area contributed by atoms with Crippen LogP contribution in [0, 0.1) is 0 Å². The van der Waals surface area contributed by atoms with Crippen molar-refractivity contribution in [1.82, 2.24) is 25.2 Å². The molecule has 16 heavy (non-hydrogen) atoms. The van der Waals surface area contributed by atoms with Crippen LogP contribution >= 0.6 is 11.3 Å². The topological polar surface area (TPSA) is 103 Å². The lowest BCUT2D eigenvalue weighted by Gasteiger charge is -1.94. The molecule has 0 saturated heterocycles. The van der Waals surface area contributed by atoms with Crippen LogP contribution in [0.3, 0.4) is 0 Å². The highest BCUT2D eigenvalue weighted by molar-refractivity contribution is 7.13. The lowest BCUT2D eigenvalue weighted by Crippen LogP contribution is -2.07. The minimum atomic E-state index is -1.12. The summed E-state index contributed by atoms with van der Waals surface area (Å²) >= 11 is 1.20. The van der Waals surface area contributed by atoms with Gasteiger partial charge in [-0.05, 0) is 0 Å². The predicted molar refractivity (Wildman–Crippen MR) is 52.5 cm³/mol. The zero-order valence-electron chi connectivity index (χ0n) is 8.19. The van der Waals surface area contributed by atoms with E-state index in [1.807, 2.05) is 0 Å². The number of carboxylic acid groups (broad SMARTS) is 1. The Labute approximate surface area is 93.5 Å². The van der Waals surface area contributed by atoms with E-state index in [1.54, 1.807) is 7.11 Å². The normalized spacial score (nSPS) is 10.6. The van der Waals surface area contributed by atoms with Crippen LogP contribution in [0.2, 0.25) is 0 Å². The second-order valence-corrected chi connectivity index (χ2v) is 3.79. The fraction of sp³-hybridized carbons (Fsp3) is 0.286. The Kier molecular flexibility index (Phi) is 2.88. The number of nitrogens with zero attached hydrogens (tertiary/aromatic N) is 5. The maximum Gasteiger partial charge on any atom is 0.356 e. The summed E-state index contributed by atoms with van der Waals surface area (Å²) in [5.41, 5.74) is -0.0554. The largest absolute Gasteiger partial charge is 0.476 e. The van der Waals surface area contributed by atoms with Gasteiger partial charge in [0.15, 0.2) is 5.69 Å². The van der Waals surface area contributed by atoms with Crippen molar-refractivity contribution in [3.8, 4) is 5.13 Å². The second kappa shape index (κ2) is 4.33. The van der Waals surface area contributed by atoms with Crippen LogP contribution in [0.25, 0.3) is 5.13 Å². The van der Waals surface area contributed by atoms with Gasteiger partial charge in [-0.3, -0.25) is 0 Å². The molecule has 2 heterocycles. The van der Waals surface area contributed by atoms with Crippen molar-refractivity contribution in [3.05, 3.63) is 16.9 Å². The molecule has 8 nitrogen and oxygen atoms in total. The molecular formula is C7H7N5O3S. The summed E-state index contributed by atoms with van der Waals surface area (Å²) < 4.78 is 6.01. The van der Waals surface area contributed by atoms with Crippen molar-refractivity contribution in [2.75, 3.05) is 7.11 Å². The zero-order valence-corrected chi connectivity index (χ0v) is 9.01. The Hall–Kier alpha value is -1.87. The Bertz CT molecular complexity index is 508. The van der Waals surface area contributed by atoms with Gasteiger partial charge in [0.2, 0.25) is 5.13 Å². The molecule has 2 aromatic heterocycles. The van der Waals surface area contributed by atoms with Crippen molar-refractivity contribution >= 4 is 17.3 Å². The van der Waals surface area contributed by atoms with Gasteiger partial charge in [-0.15, -0.1) is 15.3 Å². The second-order valence-electron chi connectivity index (χ2n) is 2.75. The molecule has 0 fully saturated rings. The number of aromatic carboxylic acids is 1. The van der Waals surface area contributed by atoms with Crippen LogP contribution in [-0.4, -0.2) is 43.4 Å². The molecule has 0 atom stereocenters. The van der Waals surface area contributed by atoms with Gasteiger partial charge >= 0.3 is 5.97 Å². The molecule has 2 rings (SSSR count). The number of carbonyl (C=O) groups is 1. The van der Waals surface area contributed by atoms with Gasteiger partial charge in [0.1, 0.15) is 11.6 Å². The third kappa shape index (κ3) is 1.90. The first-order valence-corrected chi connectivity index (χ1v) is 4.99. The van der Waals surface area contributed by atoms with Crippen LogP contribution in [0.1, 0.15) is 15.5 Å². The molecule has 0 aromatic carbocycles. The number of aromatic nitrogens is 5. The molecule has 84 valence electrons. The van der Waals surface area contributed by atoms with E-state index in [2.05, 4.69) is 20.5 Å². The third-order valence-corrected chi connectivity index (χ3v) is 2.55. The first kappa shape index (κ1) is 10.6. The first-order valence-electron chi connectivity index (χ1n) is 4.18. The molecule has 1 N–H and O–H groups in total. The maximum atomic E-state index is 10.8. The first-order chi connectivity index (χ1) is 7.72. The van der Waals surface area contributed by atoms with Gasteiger partial charge in [-0.2, -0.15) is 4.68 Å². The number of rotatable bonds is 4. The van der Waals surface area contributed by atoms with Crippen molar-refractivity contribution in [2.45, 2.75) is 6.61 Å². The Balaban J connectivity index is 2.35. The van der Waals surface area contributed by atoms with E-state index >= 15 is 0 Å². The molecule has 0 spiro atoms. The highest BCUT2D eigenvalue weighted by atomic mass is 32.1. The number of ether oxygens (including phenoxy) is 1. The zero-order chi connectivity index (χ0) is 11.5. The molecule has 2 aromatic rings. The quantitative estimate of drug-likeness (QED) is 0.801. The van der Waals surface area contributed by atoms with Crippen LogP contribution in [-0.2, 0) is 11.3 Å². The minimum Gasteiger partial charge on any atom is -0.476 e. The molecule has 0 aliphatic rings. The Morgan fingerprint density at radius 2 is 2.44 bits per heavy atom. The molecule has 0 aliphatic heterocycles. The summed E-state index contributed by atoms with van der Waals surface area (Å²) in [5.74, 6) is -1.12. The van der Waals surface area contributed by atoms with Gasteiger partial charge in [0.25, 0.3) is 0 Å². The monoisotopic (exact) mass is 241 g/mol. The smallest absolute Gasteiger partial charge is 0.356 e. The van der Waals surface area contributed by atoms with Gasteiger partial charge in [0, 0.05) is 7.11 Å². The number of methoxy groups -OCH3 is 1. The van der Waals surface area contributed by atoms with Crippen molar-refractivity contribution in [1.29, 1.82) is 0 Å². The fourth-order valence-electron chi connectivity index (χ4n) is 1.03. The van der Waals surface area contributed by atoms with E-state index in [0.29, 0.717) is 16.7 Å². The summed E-state index contributed by atoms with van der Waals surface area (Å²) in [6.45, 7) is 0.328. The van der Waals surface area contributed by atoms with Crippen LogP contribution < -0.4 is 0 Å². The molecule has 0 saturated carbocycles. The van der Waals surface area contributed by atoms with Gasteiger partial charge in [0.05, 0.1) is 6.20 Å². The minimum absolute atomic E-state index is 0.0554. The number of hydrogen-bond donors (Lipinski definition) is 1. The van der Waals surface area contributed by atoms with E-state index in [0.717, 1.165) is 10.9 Å². The molecule has 0 amide bonds. The number of hydrogen-bond acceptors (Lipinski definition) is 7. The fourth-order valence-corrected chi connectivity index (χ4v) is 1.81. The molecule has 0 unspecified atom stereocenters. The van der Waals surface area contributed by atoms with E-state index in [9.17, 15) is 4.79 Å². The van der Waals surface area contributed by atoms with Crippen LogP contribution in [0.5, 0.6) is 0 Å².